The van der Waals surface area contributed by atoms with Crippen LogP contribution in [0, 0.1) is 5.92 Å². The molecule has 1 aliphatic rings. The summed E-state index contributed by atoms with van der Waals surface area (Å²) < 4.78 is 0. The maximum Gasteiger partial charge on any atom is 0.404 e. The number of nitrogens with one attached hydrogen (secondary N) is 2. The Morgan fingerprint density at radius 3 is 2.37 bits per heavy atom. The third-order valence-corrected chi connectivity index (χ3v) is 7.07. The first-order chi connectivity index (χ1) is 16.9. The van der Waals surface area contributed by atoms with Gasteiger partial charge in [-0.15, -0.1) is 0 Å². The summed E-state index contributed by atoms with van der Waals surface area (Å²) in [5.74, 6) is 0.903. The van der Waals surface area contributed by atoms with E-state index in [-0.39, 0.29) is 30.0 Å². The highest BCUT2D eigenvalue weighted by atomic mass is 16.4. The van der Waals surface area contributed by atoms with Crippen LogP contribution in [0.4, 0.5) is 4.79 Å². The van der Waals surface area contributed by atoms with E-state index < -0.39 is 6.09 Å². The molecule has 1 aliphatic heterocycles. The van der Waals surface area contributed by atoms with Gasteiger partial charge in [0.15, 0.2) is 0 Å². The van der Waals surface area contributed by atoms with Gasteiger partial charge in [-0.2, -0.15) is 0 Å². The fourth-order valence-corrected chi connectivity index (χ4v) is 5.03. The molecule has 1 fully saturated rings. The molecule has 3 rings (SSSR count). The second-order valence-electron chi connectivity index (χ2n) is 10.1. The van der Waals surface area contributed by atoms with Gasteiger partial charge in [0, 0.05) is 25.0 Å². The normalized spacial score (nSPS) is 20.3. The summed E-state index contributed by atoms with van der Waals surface area (Å²) in [6, 6.07) is 19.6. The lowest BCUT2D eigenvalue weighted by Crippen LogP contribution is -2.54. The van der Waals surface area contributed by atoms with Crippen molar-refractivity contribution in [2.75, 3.05) is 13.1 Å². The average Bonchev–Trinajstić information content (AvgIpc) is 3.00. The Morgan fingerprint density at radius 2 is 1.77 bits per heavy atom. The van der Waals surface area contributed by atoms with Gasteiger partial charge in [-0.05, 0) is 49.1 Å². The number of amides is 2. The summed E-state index contributed by atoms with van der Waals surface area (Å²) in [6.07, 6.45) is 2.89. The number of benzene rings is 2. The van der Waals surface area contributed by atoms with E-state index in [9.17, 15) is 14.7 Å². The van der Waals surface area contributed by atoms with Crippen molar-refractivity contribution < 1.29 is 14.7 Å². The molecular formula is C29H41N3O3. The number of hydrogen-bond donors (Lipinski definition) is 3. The quantitative estimate of drug-likeness (QED) is 0.421. The van der Waals surface area contributed by atoms with E-state index in [1.165, 1.54) is 5.56 Å². The predicted octanol–water partition coefficient (Wildman–Crippen LogP) is 5.05. The molecule has 2 amide bonds. The molecule has 4 atom stereocenters. The van der Waals surface area contributed by atoms with Gasteiger partial charge in [0.1, 0.15) is 0 Å². The van der Waals surface area contributed by atoms with Crippen LogP contribution in [0.15, 0.2) is 60.7 Å². The topological polar surface area (TPSA) is 81.7 Å². The van der Waals surface area contributed by atoms with Crippen LogP contribution in [0.1, 0.15) is 63.5 Å². The Hall–Kier alpha value is -2.86. The highest BCUT2D eigenvalue weighted by molar-refractivity contribution is 5.82. The van der Waals surface area contributed by atoms with E-state index in [1.807, 2.05) is 41.3 Å². The van der Waals surface area contributed by atoms with Crippen LogP contribution in [0.3, 0.4) is 0 Å². The van der Waals surface area contributed by atoms with Gasteiger partial charge in [0.25, 0.3) is 0 Å². The largest absolute Gasteiger partial charge is 0.465 e. The molecule has 0 aliphatic carbocycles. The van der Waals surface area contributed by atoms with Crippen molar-refractivity contribution in [1.29, 1.82) is 0 Å². The Labute approximate surface area is 210 Å². The third-order valence-electron chi connectivity index (χ3n) is 7.07. The summed E-state index contributed by atoms with van der Waals surface area (Å²) in [5, 5.41) is 15.9. The van der Waals surface area contributed by atoms with Gasteiger partial charge >= 0.3 is 6.09 Å². The van der Waals surface area contributed by atoms with E-state index in [4.69, 9.17) is 0 Å². The maximum atomic E-state index is 13.7. The molecule has 190 valence electrons. The predicted molar refractivity (Wildman–Crippen MR) is 141 cm³/mol. The summed E-state index contributed by atoms with van der Waals surface area (Å²) in [4.78, 5) is 27.4. The molecular weight excluding hydrogens is 438 g/mol. The zero-order valence-corrected chi connectivity index (χ0v) is 21.3. The van der Waals surface area contributed by atoms with Crippen molar-refractivity contribution in [3.63, 3.8) is 0 Å². The van der Waals surface area contributed by atoms with E-state index in [2.05, 4.69) is 55.7 Å². The lowest BCUT2D eigenvalue weighted by molar-refractivity contribution is -0.133. The van der Waals surface area contributed by atoms with Crippen LogP contribution in [0.2, 0.25) is 0 Å². The summed E-state index contributed by atoms with van der Waals surface area (Å²) >= 11 is 0. The number of nitrogens with zero attached hydrogens (tertiary/aromatic N) is 1. The van der Waals surface area contributed by atoms with Crippen LogP contribution in [-0.2, 0) is 11.2 Å². The van der Waals surface area contributed by atoms with Crippen molar-refractivity contribution in [2.24, 2.45) is 5.92 Å². The second-order valence-corrected chi connectivity index (χ2v) is 10.1. The second kappa shape index (κ2) is 13.3. The van der Waals surface area contributed by atoms with Crippen LogP contribution >= 0.6 is 0 Å². The first-order valence-electron chi connectivity index (χ1n) is 13.0. The highest BCUT2D eigenvalue weighted by Gasteiger charge is 2.35. The Balaban J connectivity index is 1.82. The molecule has 0 saturated carbocycles. The highest BCUT2D eigenvalue weighted by Crippen LogP contribution is 2.24. The van der Waals surface area contributed by atoms with E-state index in [1.54, 1.807) is 0 Å². The SMILES string of the molecule is CCC(CN1CC[C@@H](C(Cc2ccccc2)NC(=O)O)N[C@@H](CCC(C)C)C1=O)c1ccccc1. The van der Waals surface area contributed by atoms with E-state index >= 15 is 0 Å². The molecule has 6 nitrogen and oxygen atoms in total. The maximum absolute atomic E-state index is 13.7. The fraction of sp³-hybridized carbons (Fsp3) is 0.517. The van der Waals surface area contributed by atoms with Gasteiger partial charge in [-0.1, -0.05) is 81.4 Å². The molecule has 1 heterocycles. The molecule has 1 saturated heterocycles. The van der Waals surface area contributed by atoms with Gasteiger partial charge in [-0.3, -0.25) is 4.79 Å². The van der Waals surface area contributed by atoms with Crippen molar-refractivity contribution in [3.8, 4) is 0 Å². The van der Waals surface area contributed by atoms with Gasteiger partial charge in [0.2, 0.25) is 5.91 Å². The standard InChI is InChI=1S/C29H41N3O3/c1-4-23(24-13-9-6-10-14-24)20-32-18-17-25(30-26(28(32)33)16-15-21(2)3)27(31-29(34)35)19-22-11-7-5-8-12-22/h5-14,21,23,25-27,30-31H,4,15-20H2,1-3H3,(H,34,35)/t23?,25-,26-,27?/m0/s1. The van der Waals surface area contributed by atoms with Crippen molar-refractivity contribution in [2.45, 2.75) is 76.9 Å². The fourth-order valence-electron chi connectivity index (χ4n) is 5.03. The molecule has 3 N–H and O–H groups in total. The molecule has 2 aromatic carbocycles. The molecule has 0 spiro atoms. The minimum Gasteiger partial charge on any atom is -0.465 e. The molecule has 35 heavy (non-hydrogen) atoms. The van der Waals surface area contributed by atoms with Crippen LogP contribution < -0.4 is 10.6 Å². The zero-order chi connectivity index (χ0) is 25.2. The Kier molecular flexibility index (Phi) is 10.2. The zero-order valence-electron chi connectivity index (χ0n) is 21.3. The van der Waals surface area contributed by atoms with Crippen molar-refractivity contribution in [1.82, 2.24) is 15.5 Å². The third kappa shape index (κ3) is 8.10. The van der Waals surface area contributed by atoms with Crippen LogP contribution in [0.5, 0.6) is 0 Å². The smallest absolute Gasteiger partial charge is 0.404 e. The summed E-state index contributed by atoms with van der Waals surface area (Å²) in [5.41, 5.74) is 2.33. The van der Waals surface area contributed by atoms with Crippen molar-refractivity contribution in [3.05, 3.63) is 71.8 Å². The molecule has 0 aromatic heterocycles. The Bertz CT molecular complexity index is 919. The summed E-state index contributed by atoms with van der Waals surface area (Å²) in [6.45, 7) is 7.81. The van der Waals surface area contributed by atoms with Crippen molar-refractivity contribution >= 4 is 12.0 Å². The monoisotopic (exact) mass is 479 g/mol. The number of carbonyl (C=O) groups is 2. The number of carboxylic acid groups (broad SMARTS) is 1. The lowest BCUT2D eigenvalue weighted by atomic mass is 9.95. The molecule has 2 aromatic rings. The van der Waals surface area contributed by atoms with E-state index in [0.29, 0.717) is 31.8 Å². The van der Waals surface area contributed by atoms with Gasteiger partial charge in [-0.25, -0.2) is 4.79 Å². The first-order valence-corrected chi connectivity index (χ1v) is 13.0. The number of carbonyl (C=O) groups excluding carboxylic acids is 1. The first kappa shape index (κ1) is 26.7. The van der Waals surface area contributed by atoms with Gasteiger partial charge in [0.05, 0.1) is 12.1 Å². The lowest BCUT2D eigenvalue weighted by Gasteiger charge is -2.30. The molecule has 0 radical (unpaired) electrons. The van der Waals surface area contributed by atoms with Crippen LogP contribution in [-0.4, -0.2) is 53.2 Å². The van der Waals surface area contributed by atoms with Gasteiger partial charge < -0.3 is 20.6 Å². The molecule has 6 heteroatoms. The van der Waals surface area contributed by atoms with Crippen LogP contribution in [0.25, 0.3) is 0 Å². The number of hydrogen-bond acceptors (Lipinski definition) is 3. The minimum atomic E-state index is -1.03. The Morgan fingerprint density at radius 1 is 1.11 bits per heavy atom. The number of rotatable bonds is 11. The molecule has 0 bridgehead atoms. The minimum absolute atomic E-state index is 0.130. The molecule has 2 unspecified atom stereocenters. The summed E-state index contributed by atoms with van der Waals surface area (Å²) in [7, 11) is 0. The van der Waals surface area contributed by atoms with E-state index in [0.717, 1.165) is 24.8 Å². The average molecular weight is 480 g/mol.